The molecule has 12 aromatic rings. The van der Waals surface area contributed by atoms with E-state index < -0.39 is 0 Å². The molecule has 0 aliphatic carbocycles. The van der Waals surface area contributed by atoms with Crippen molar-refractivity contribution in [1.82, 2.24) is 4.57 Å². The van der Waals surface area contributed by atoms with Crippen molar-refractivity contribution in [2.24, 2.45) is 0 Å². The van der Waals surface area contributed by atoms with Gasteiger partial charge in [0.05, 0.1) is 22.1 Å². The smallest absolute Gasteiger partial charge is 0.143 e. The third-order valence-corrected chi connectivity index (χ3v) is 12.5. The molecule has 0 atom stereocenters. The SMILES string of the molecule is c1ccc2c(c1)ccc1c2oc2cccc(N(c3ccc(-c4ccc5sc6ccccc6c5c4)cc3)c3ccc(-n4c5ccccc5c5ccccc54)cc3)c21. The standard InChI is InChI=1S/C52H32N2OS/c1-2-11-39-34(10-1)22-30-43-51-47(17-9-18-48(51)55-52(39)43)53(36-24-20-33(21-25-36)35-23-31-50-44(32-35)42-14-5-8-19-49(42)56-50)37-26-28-38(29-27-37)54-45-15-6-3-12-40(45)41-13-4-7-16-46(41)54/h1-32H. The van der Waals surface area contributed by atoms with E-state index in [0.29, 0.717) is 0 Å². The van der Waals surface area contributed by atoms with Crippen LogP contribution in [-0.4, -0.2) is 4.57 Å². The zero-order valence-corrected chi connectivity index (χ0v) is 31.0. The van der Waals surface area contributed by atoms with Gasteiger partial charge in [-0.2, -0.15) is 0 Å². The van der Waals surface area contributed by atoms with Gasteiger partial charge < -0.3 is 13.9 Å². The number of thiophene rings is 1. The van der Waals surface area contributed by atoms with Crippen LogP contribution in [0.1, 0.15) is 0 Å². The van der Waals surface area contributed by atoms with Crippen molar-refractivity contribution in [2.45, 2.75) is 0 Å². The minimum atomic E-state index is 0.869. The summed E-state index contributed by atoms with van der Waals surface area (Å²) >= 11 is 1.85. The molecule has 0 radical (unpaired) electrons. The first-order valence-corrected chi connectivity index (χ1v) is 19.8. The second-order valence-corrected chi connectivity index (χ2v) is 15.6. The van der Waals surface area contributed by atoms with Gasteiger partial charge in [0.15, 0.2) is 0 Å². The van der Waals surface area contributed by atoms with Gasteiger partial charge in [-0.05, 0) is 101 Å². The fourth-order valence-electron chi connectivity index (χ4n) is 8.81. The molecule has 4 heteroatoms. The molecular weight excluding hydrogens is 701 g/mol. The number of furan rings is 1. The van der Waals surface area contributed by atoms with Crippen molar-refractivity contribution in [1.29, 1.82) is 0 Å². The number of rotatable bonds is 5. The number of benzene rings is 9. The summed E-state index contributed by atoms with van der Waals surface area (Å²) in [6.07, 6.45) is 0. The fraction of sp³-hybridized carbons (Fsp3) is 0. The van der Waals surface area contributed by atoms with E-state index in [9.17, 15) is 0 Å². The van der Waals surface area contributed by atoms with Crippen molar-refractivity contribution in [3.63, 3.8) is 0 Å². The third-order valence-electron chi connectivity index (χ3n) is 11.4. The predicted octanol–water partition coefficient (Wildman–Crippen LogP) is 15.3. The maximum atomic E-state index is 6.68. The van der Waals surface area contributed by atoms with Crippen molar-refractivity contribution in [2.75, 3.05) is 4.90 Å². The van der Waals surface area contributed by atoms with Crippen LogP contribution in [0, 0.1) is 0 Å². The molecule has 0 fully saturated rings. The van der Waals surface area contributed by atoms with E-state index in [0.717, 1.165) is 50.1 Å². The lowest BCUT2D eigenvalue weighted by Crippen LogP contribution is -2.10. The molecule has 3 heterocycles. The van der Waals surface area contributed by atoms with E-state index in [1.165, 1.54) is 58.5 Å². The maximum absolute atomic E-state index is 6.68. The summed E-state index contributed by atoms with van der Waals surface area (Å²) in [7, 11) is 0. The molecule has 0 saturated heterocycles. The molecule has 0 N–H and O–H groups in total. The van der Waals surface area contributed by atoms with E-state index in [1.54, 1.807) is 0 Å². The molecule has 56 heavy (non-hydrogen) atoms. The first-order valence-electron chi connectivity index (χ1n) is 19.0. The van der Waals surface area contributed by atoms with E-state index in [-0.39, 0.29) is 0 Å². The van der Waals surface area contributed by atoms with Gasteiger partial charge in [0.1, 0.15) is 11.2 Å². The molecule has 12 rings (SSSR count). The zero-order chi connectivity index (χ0) is 36.7. The van der Waals surface area contributed by atoms with Crippen molar-refractivity contribution in [3.05, 3.63) is 194 Å². The molecule has 3 aromatic heterocycles. The Balaban J connectivity index is 1.03. The monoisotopic (exact) mass is 732 g/mol. The Kier molecular flexibility index (Phi) is 6.80. The topological polar surface area (TPSA) is 21.3 Å². The lowest BCUT2D eigenvalue weighted by molar-refractivity contribution is 0.672. The molecule has 0 unspecified atom stereocenters. The number of anilines is 3. The van der Waals surface area contributed by atoms with Crippen molar-refractivity contribution >= 4 is 103 Å². The van der Waals surface area contributed by atoms with Crippen LogP contribution in [0.4, 0.5) is 17.1 Å². The minimum Gasteiger partial charge on any atom is -0.455 e. The largest absolute Gasteiger partial charge is 0.455 e. The Morgan fingerprint density at radius 3 is 1.82 bits per heavy atom. The molecule has 0 amide bonds. The summed E-state index contributed by atoms with van der Waals surface area (Å²) in [5, 5.41) is 9.62. The Labute approximate surface area is 326 Å². The van der Waals surface area contributed by atoms with Gasteiger partial charge in [0, 0.05) is 58.8 Å². The number of para-hydroxylation sites is 2. The van der Waals surface area contributed by atoms with Crippen LogP contribution in [0.15, 0.2) is 199 Å². The van der Waals surface area contributed by atoms with Gasteiger partial charge in [-0.15, -0.1) is 11.3 Å². The molecular formula is C52H32N2OS. The molecule has 0 aliphatic rings. The van der Waals surface area contributed by atoms with Crippen LogP contribution in [0.3, 0.4) is 0 Å². The van der Waals surface area contributed by atoms with Gasteiger partial charge in [0.2, 0.25) is 0 Å². The zero-order valence-electron chi connectivity index (χ0n) is 30.2. The number of hydrogen-bond donors (Lipinski definition) is 0. The Hall–Kier alpha value is -7.14. The van der Waals surface area contributed by atoms with Crippen LogP contribution in [0.5, 0.6) is 0 Å². The molecule has 0 spiro atoms. The first kappa shape index (κ1) is 31.2. The quantitative estimate of drug-likeness (QED) is 0.176. The van der Waals surface area contributed by atoms with Crippen LogP contribution < -0.4 is 4.90 Å². The summed E-state index contributed by atoms with van der Waals surface area (Å²) in [6, 6.07) is 70.2. The molecule has 3 nitrogen and oxygen atoms in total. The maximum Gasteiger partial charge on any atom is 0.143 e. The number of aromatic nitrogens is 1. The summed E-state index contributed by atoms with van der Waals surface area (Å²) < 4.78 is 11.7. The summed E-state index contributed by atoms with van der Waals surface area (Å²) in [4.78, 5) is 2.38. The highest BCUT2D eigenvalue weighted by molar-refractivity contribution is 7.25. The van der Waals surface area contributed by atoms with Gasteiger partial charge in [-0.1, -0.05) is 109 Å². The Morgan fingerprint density at radius 1 is 0.429 bits per heavy atom. The number of fused-ring (bicyclic) bond motifs is 11. The highest BCUT2D eigenvalue weighted by Crippen LogP contribution is 2.45. The number of nitrogens with zero attached hydrogens (tertiary/aromatic N) is 2. The van der Waals surface area contributed by atoms with E-state index in [1.807, 2.05) is 11.3 Å². The average Bonchev–Trinajstić information content (AvgIpc) is 3.94. The average molecular weight is 733 g/mol. The third kappa shape index (κ3) is 4.70. The number of hydrogen-bond acceptors (Lipinski definition) is 3. The second-order valence-electron chi connectivity index (χ2n) is 14.5. The van der Waals surface area contributed by atoms with Crippen molar-refractivity contribution in [3.8, 4) is 16.8 Å². The summed E-state index contributed by atoms with van der Waals surface area (Å²) in [6.45, 7) is 0. The van der Waals surface area contributed by atoms with Gasteiger partial charge in [-0.25, -0.2) is 0 Å². The molecule has 9 aromatic carbocycles. The second kappa shape index (κ2) is 12.2. The van der Waals surface area contributed by atoms with E-state index in [2.05, 4.69) is 204 Å². The molecule has 262 valence electrons. The van der Waals surface area contributed by atoms with Crippen LogP contribution in [0.2, 0.25) is 0 Å². The Bertz CT molecular complexity index is 3420. The fourth-order valence-corrected chi connectivity index (χ4v) is 9.90. The van der Waals surface area contributed by atoms with Crippen LogP contribution >= 0.6 is 11.3 Å². The predicted molar refractivity (Wildman–Crippen MR) is 239 cm³/mol. The normalized spacial score (nSPS) is 11.9. The van der Waals surface area contributed by atoms with E-state index >= 15 is 0 Å². The van der Waals surface area contributed by atoms with Crippen molar-refractivity contribution < 1.29 is 4.42 Å². The molecule has 0 saturated carbocycles. The highest BCUT2D eigenvalue weighted by Gasteiger charge is 2.21. The van der Waals surface area contributed by atoms with Crippen LogP contribution in [0.25, 0.3) is 91.5 Å². The molecule has 0 bridgehead atoms. The highest BCUT2D eigenvalue weighted by atomic mass is 32.1. The lowest BCUT2D eigenvalue weighted by Gasteiger charge is -2.27. The first-order chi connectivity index (χ1) is 27.8. The minimum absolute atomic E-state index is 0.869. The summed E-state index contributed by atoms with van der Waals surface area (Å²) in [5.41, 5.74) is 10.9. The van der Waals surface area contributed by atoms with Crippen LogP contribution in [-0.2, 0) is 0 Å². The summed E-state index contributed by atoms with van der Waals surface area (Å²) in [5.74, 6) is 0. The lowest BCUT2D eigenvalue weighted by atomic mass is 10.0. The van der Waals surface area contributed by atoms with Gasteiger partial charge >= 0.3 is 0 Å². The van der Waals surface area contributed by atoms with Gasteiger partial charge in [0.25, 0.3) is 0 Å². The molecule has 0 aliphatic heterocycles. The Morgan fingerprint density at radius 2 is 1.05 bits per heavy atom. The van der Waals surface area contributed by atoms with E-state index in [4.69, 9.17) is 4.42 Å². The van der Waals surface area contributed by atoms with Gasteiger partial charge in [-0.3, -0.25) is 0 Å².